The zero-order chi connectivity index (χ0) is 15.9. The van der Waals surface area contributed by atoms with Crippen molar-refractivity contribution in [2.75, 3.05) is 44.3 Å². The van der Waals surface area contributed by atoms with Crippen LogP contribution in [-0.4, -0.2) is 50.0 Å². The van der Waals surface area contributed by atoms with E-state index < -0.39 is 0 Å². The number of nitrogens with two attached hydrogens (primary N) is 1. The molecule has 0 spiro atoms. The Morgan fingerprint density at radius 1 is 1.50 bits per heavy atom. The topological polar surface area (TPSA) is 96.7 Å². The van der Waals surface area contributed by atoms with Crippen molar-refractivity contribution in [1.82, 2.24) is 10.2 Å². The van der Waals surface area contributed by atoms with Crippen LogP contribution in [0.1, 0.15) is 12.8 Å². The summed E-state index contributed by atoms with van der Waals surface area (Å²) in [6.45, 7) is 2.65. The Balaban J connectivity index is 1.77. The summed E-state index contributed by atoms with van der Waals surface area (Å²) in [5.74, 6) is 0.507. The van der Waals surface area contributed by atoms with Crippen molar-refractivity contribution >= 4 is 23.2 Å². The number of hydrogen-bond acceptors (Lipinski definition) is 5. The first kappa shape index (κ1) is 16.1. The first-order chi connectivity index (χ1) is 10.6. The van der Waals surface area contributed by atoms with Gasteiger partial charge in [-0.3, -0.25) is 14.5 Å². The molecule has 1 saturated heterocycles. The van der Waals surface area contributed by atoms with E-state index in [2.05, 4.69) is 15.5 Å². The van der Waals surface area contributed by atoms with Crippen LogP contribution < -0.4 is 21.1 Å². The van der Waals surface area contributed by atoms with E-state index in [0.29, 0.717) is 43.1 Å². The summed E-state index contributed by atoms with van der Waals surface area (Å²) in [5, 5.41) is 5.59. The molecule has 0 atom stereocenters. The molecule has 0 saturated carbocycles. The SMILES string of the molecule is COc1cc(N)ccc1NC(=O)CCCN1CCNC(=O)C1. The summed E-state index contributed by atoms with van der Waals surface area (Å²) in [6.07, 6.45) is 1.10. The highest BCUT2D eigenvalue weighted by atomic mass is 16.5. The summed E-state index contributed by atoms with van der Waals surface area (Å²) in [6, 6.07) is 5.10. The van der Waals surface area contributed by atoms with E-state index in [9.17, 15) is 9.59 Å². The first-order valence-corrected chi connectivity index (χ1v) is 7.31. The fraction of sp³-hybridized carbons (Fsp3) is 0.467. The number of piperazine rings is 1. The summed E-state index contributed by atoms with van der Waals surface area (Å²) in [5.41, 5.74) is 6.87. The summed E-state index contributed by atoms with van der Waals surface area (Å²) >= 11 is 0. The largest absolute Gasteiger partial charge is 0.494 e. The number of hydrogen-bond donors (Lipinski definition) is 3. The Kier molecular flexibility index (Phi) is 5.60. The van der Waals surface area contributed by atoms with Gasteiger partial charge in [0.1, 0.15) is 5.75 Å². The third-order valence-electron chi connectivity index (χ3n) is 3.50. The molecule has 1 heterocycles. The molecule has 4 N–H and O–H groups in total. The smallest absolute Gasteiger partial charge is 0.234 e. The highest BCUT2D eigenvalue weighted by Gasteiger charge is 2.16. The Labute approximate surface area is 129 Å². The van der Waals surface area contributed by atoms with Gasteiger partial charge in [0.15, 0.2) is 0 Å². The van der Waals surface area contributed by atoms with Gasteiger partial charge >= 0.3 is 0 Å². The maximum atomic E-state index is 12.0. The highest BCUT2D eigenvalue weighted by Crippen LogP contribution is 2.26. The molecule has 0 unspecified atom stereocenters. The van der Waals surface area contributed by atoms with Gasteiger partial charge in [-0.15, -0.1) is 0 Å². The van der Waals surface area contributed by atoms with Crippen molar-refractivity contribution in [2.45, 2.75) is 12.8 Å². The fourth-order valence-electron chi connectivity index (χ4n) is 2.37. The van der Waals surface area contributed by atoms with Gasteiger partial charge in [-0.2, -0.15) is 0 Å². The van der Waals surface area contributed by atoms with Crippen LogP contribution in [0.4, 0.5) is 11.4 Å². The Hall–Kier alpha value is -2.28. The normalized spacial score (nSPS) is 15.2. The van der Waals surface area contributed by atoms with Gasteiger partial charge in [-0.1, -0.05) is 0 Å². The molecule has 1 aliphatic heterocycles. The molecule has 7 nitrogen and oxygen atoms in total. The van der Waals surface area contributed by atoms with E-state index in [1.807, 2.05) is 0 Å². The molecule has 22 heavy (non-hydrogen) atoms. The van der Waals surface area contributed by atoms with Gasteiger partial charge in [-0.05, 0) is 25.1 Å². The van der Waals surface area contributed by atoms with E-state index in [1.165, 1.54) is 7.11 Å². The van der Waals surface area contributed by atoms with E-state index >= 15 is 0 Å². The first-order valence-electron chi connectivity index (χ1n) is 7.31. The van der Waals surface area contributed by atoms with Gasteiger partial charge in [0.25, 0.3) is 0 Å². The standard InChI is InChI=1S/C15H22N4O3/c1-22-13-9-11(16)4-5-12(13)18-14(20)3-2-7-19-8-6-17-15(21)10-19/h4-5,9H,2-3,6-8,10,16H2,1H3,(H,17,21)(H,18,20). The molecular formula is C15H22N4O3. The second kappa shape index (κ2) is 7.65. The van der Waals surface area contributed by atoms with Crippen molar-refractivity contribution in [2.24, 2.45) is 0 Å². The van der Waals surface area contributed by atoms with Crippen LogP contribution in [0, 0.1) is 0 Å². The van der Waals surface area contributed by atoms with Crippen LogP contribution in [-0.2, 0) is 9.59 Å². The minimum Gasteiger partial charge on any atom is -0.494 e. The molecule has 0 aliphatic carbocycles. The van der Waals surface area contributed by atoms with Crippen molar-refractivity contribution in [3.05, 3.63) is 18.2 Å². The van der Waals surface area contributed by atoms with Gasteiger partial charge in [0, 0.05) is 31.3 Å². The summed E-state index contributed by atoms with van der Waals surface area (Å²) in [7, 11) is 1.53. The number of amides is 2. The predicted octanol–water partition coefficient (Wildman–Crippen LogP) is 0.428. The quantitative estimate of drug-likeness (QED) is 0.662. The zero-order valence-electron chi connectivity index (χ0n) is 12.7. The second-order valence-corrected chi connectivity index (χ2v) is 5.24. The summed E-state index contributed by atoms with van der Waals surface area (Å²) in [4.78, 5) is 25.3. The number of carbonyl (C=O) groups excluding carboxylic acids is 2. The molecule has 1 aliphatic rings. The number of anilines is 2. The van der Waals surface area contributed by atoms with Crippen LogP contribution in [0.5, 0.6) is 5.75 Å². The number of nitrogens with one attached hydrogen (secondary N) is 2. The molecule has 1 fully saturated rings. The lowest BCUT2D eigenvalue weighted by Gasteiger charge is -2.26. The molecule has 7 heteroatoms. The number of nitrogens with zero attached hydrogens (tertiary/aromatic N) is 1. The number of rotatable bonds is 6. The molecule has 120 valence electrons. The monoisotopic (exact) mass is 306 g/mol. The molecule has 2 rings (SSSR count). The second-order valence-electron chi connectivity index (χ2n) is 5.24. The average Bonchev–Trinajstić information content (AvgIpc) is 2.49. The average molecular weight is 306 g/mol. The number of nitrogen functional groups attached to an aromatic ring is 1. The number of benzene rings is 1. The third kappa shape index (κ3) is 4.63. The van der Waals surface area contributed by atoms with Gasteiger partial charge in [-0.25, -0.2) is 0 Å². The molecule has 0 aromatic heterocycles. The molecule has 2 amide bonds. The van der Waals surface area contributed by atoms with E-state index in [4.69, 9.17) is 10.5 Å². The fourth-order valence-corrected chi connectivity index (χ4v) is 2.37. The lowest BCUT2D eigenvalue weighted by Crippen LogP contribution is -2.47. The third-order valence-corrected chi connectivity index (χ3v) is 3.50. The number of carbonyl (C=O) groups is 2. The van der Waals surface area contributed by atoms with Crippen LogP contribution in [0.15, 0.2) is 18.2 Å². The van der Waals surface area contributed by atoms with Crippen LogP contribution in [0.3, 0.4) is 0 Å². The van der Waals surface area contributed by atoms with Crippen molar-refractivity contribution in [3.8, 4) is 5.75 Å². The Bertz CT molecular complexity index is 548. The van der Waals surface area contributed by atoms with E-state index in [0.717, 1.165) is 13.1 Å². The molecule has 0 radical (unpaired) electrons. The van der Waals surface area contributed by atoms with Gasteiger partial charge in [0.05, 0.1) is 19.3 Å². The van der Waals surface area contributed by atoms with Crippen molar-refractivity contribution in [3.63, 3.8) is 0 Å². The van der Waals surface area contributed by atoms with Crippen molar-refractivity contribution in [1.29, 1.82) is 0 Å². The summed E-state index contributed by atoms with van der Waals surface area (Å²) < 4.78 is 5.19. The van der Waals surface area contributed by atoms with Gasteiger partial charge < -0.3 is 21.1 Å². The maximum absolute atomic E-state index is 12.0. The Morgan fingerprint density at radius 3 is 3.05 bits per heavy atom. The molecular weight excluding hydrogens is 284 g/mol. The Morgan fingerprint density at radius 2 is 2.32 bits per heavy atom. The van der Waals surface area contributed by atoms with E-state index in [1.54, 1.807) is 18.2 Å². The van der Waals surface area contributed by atoms with Crippen LogP contribution >= 0.6 is 0 Å². The van der Waals surface area contributed by atoms with E-state index in [-0.39, 0.29) is 11.8 Å². The minimum atomic E-state index is -0.0791. The molecule has 1 aromatic rings. The zero-order valence-corrected chi connectivity index (χ0v) is 12.7. The van der Waals surface area contributed by atoms with Crippen LogP contribution in [0.2, 0.25) is 0 Å². The lowest BCUT2D eigenvalue weighted by atomic mass is 10.2. The number of methoxy groups -OCH3 is 1. The molecule has 1 aromatic carbocycles. The highest BCUT2D eigenvalue weighted by molar-refractivity contribution is 5.92. The predicted molar refractivity (Wildman–Crippen MR) is 84.7 cm³/mol. The van der Waals surface area contributed by atoms with Gasteiger partial charge in [0.2, 0.25) is 11.8 Å². The molecule has 0 bridgehead atoms. The lowest BCUT2D eigenvalue weighted by molar-refractivity contribution is -0.124. The maximum Gasteiger partial charge on any atom is 0.234 e. The van der Waals surface area contributed by atoms with Crippen LogP contribution in [0.25, 0.3) is 0 Å². The van der Waals surface area contributed by atoms with Crippen molar-refractivity contribution < 1.29 is 14.3 Å². The number of ether oxygens (including phenoxy) is 1. The minimum absolute atomic E-state index is 0.0438.